The molecule has 1 aromatic carbocycles. The number of carbonyl (C=O) groups is 1. The van der Waals surface area contributed by atoms with Gasteiger partial charge in [0.25, 0.3) is 0 Å². The molecule has 0 N–H and O–H groups in total. The van der Waals surface area contributed by atoms with Crippen LogP contribution in [0.2, 0.25) is 5.02 Å². The van der Waals surface area contributed by atoms with E-state index in [1.807, 2.05) is 6.07 Å². The van der Waals surface area contributed by atoms with E-state index in [4.69, 9.17) is 16.1 Å². The predicted molar refractivity (Wildman–Crippen MR) is 52.3 cm³/mol. The van der Waals surface area contributed by atoms with Crippen LogP contribution in [0.4, 0.5) is 0 Å². The number of benzene rings is 1. The molecule has 0 saturated carbocycles. The number of rotatable bonds is 2. The third-order valence-electron chi connectivity index (χ3n) is 1.84. The van der Waals surface area contributed by atoms with Gasteiger partial charge in [0, 0.05) is 5.02 Å². The SMILES string of the molecule is O=Cc1oncc1-c1cccc(Cl)c1. The van der Waals surface area contributed by atoms with Crippen LogP contribution in [-0.2, 0) is 0 Å². The highest BCUT2D eigenvalue weighted by Gasteiger charge is 2.08. The molecule has 0 aliphatic carbocycles. The van der Waals surface area contributed by atoms with Crippen LogP contribution < -0.4 is 0 Å². The van der Waals surface area contributed by atoms with E-state index in [0.29, 0.717) is 16.9 Å². The highest BCUT2D eigenvalue weighted by Crippen LogP contribution is 2.24. The predicted octanol–water partition coefficient (Wildman–Crippen LogP) is 2.81. The fourth-order valence-corrected chi connectivity index (χ4v) is 1.40. The summed E-state index contributed by atoms with van der Waals surface area (Å²) < 4.78 is 4.75. The van der Waals surface area contributed by atoms with Gasteiger partial charge in [-0.25, -0.2) is 0 Å². The smallest absolute Gasteiger partial charge is 0.207 e. The van der Waals surface area contributed by atoms with E-state index in [-0.39, 0.29) is 5.76 Å². The van der Waals surface area contributed by atoms with Crippen molar-refractivity contribution in [2.45, 2.75) is 0 Å². The Morgan fingerprint density at radius 2 is 2.29 bits per heavy atom. The molecule has 14 heavy (non-hydrogen) atoms. The van der Waals surface area contributed by atoms with E-state index < -0.39 is 0 Å². The molecule has 0 bridgehead atoms. The molecule has 0 aliphatic rings. The zero-order valence-corrected chi connectivity index (χ0v) is 7.86. The summed E-state index contributed by atoms with van der Waals surface area (Å²) >= 11 is 5.82. The molecule has 2 rings (SSSR count). The molecule has 0 amide bonds. The van der Waals surface area contributed by atoms with E-state index in [9.17, 15) is 4.79 Å². The van der Waals surface area contributed by atoms with Crippen LogP contribution >= 0.6 is 11.6 Å². The maximum Gasteiger partial charge on any atom is 0.207 e. The van der Waals surface area contributed by atoms with E-state index in [1.54, 1.807) is 18.2 Å². The Labute approximate surface area is 85.3 Å². The zero-order valence-electron chi connectivity index (χ0n) is 7.11. The number of aldehydes is 1. The third-order valence-corrected chi connectivity index (χ3v) is 2.08. The average molecular weight is 208 g/mol. The summed E-state index contributed by atoms with van der Waals surface area (Å²) in [5.74, 6) is 0.215. The van der Waals surface area contributed by atoms with Crippen LogP contribution in [0.5, 0.6) is 0 Å². The quantitative estimate of drug-likeness (QED) is 0.712. The lowest BCUT2D eigenvalue weighted by atomic mass is 10.1. The fourth-order valence-electron chi connectivity index (χ4n) is 1.21. The van der Waals surface area contributed by atoms with Gasteiger partial charge in [0.15, 0.2) is 6.29 Å². The van der Waals surface area contributed by atoms with E-state index in [2.05, 4.69) is 5.16 Å². The van der Waals surface area contributed by atoms with Crippen molar-refractivity contribution in [2.75, 3.05) is 0 Å². The van der Waals surface area contributed by atoms with Crippen LogP contribution in [0, 0.1) is 0 Å². The lowest BCUT2D eigenvalue weighted by Crippen LogP contribution is -1.80. The van der Waals surface area contributed by atoms with Gasteiger partial charge in [-0.1, -0.05) is 28.9 Å². The number of aromatic nitrogens is 1. The topological polar surface area (TPSA) is 43.1 Å². The highest BCUT2D eigenvalue weighted by atomic mass is 35.5. The molecule has 0 atom stereocenters. The first-order chi connectivity index (χ1) is 6.81. The van der Waals surface area contributed by atoms with E-state index in [0.717, 1.165) is 5.56 Å². The Morgan fingerprint density at radius 1 is 1.43 bits per heavy atom. The fraction of sp³-hybridized carbons (Fsp3) is 0. The highest BCUT2D eigenvalue weighted by molar-refractivity contribution is 6.30. The zero-order chi connectivity index (χ0) is 9.97. The molecular formula is C10H6ClNO2. The summed E-state index contributed by atoms with van der Waals surface area (Å²) in [5, 5.41) is 4.16. The second kappa shape index (κ2) is 3.64. The standard InChI is InChI=1S/C10H6ClNO2/c11-8-3-1-2-7(4-8)9-5-12-14-10(9)6-13/h1-6H. The van der Waals surface area contributed by atoms with Gasteiger partial charge in [-0.15, -0.1) is 0 Å². The number of hydrogen-bond donors (Lipinski definition) is 0. The molecule has 1 heterocycles. The molecule has 3 nitrogen and oxygen atoms in total. The summed E-state index contributed by atoms with van der Waals surface area (Å²) in [6, 6.07) is 7.16. The molecule has 0 fully saturated rings. The minimum absolute atomic E-state index is 0.215. The molecule has 0 unspecified atom stereocenters. The van der Waals surface area contributed by atoms with Gasteiger partial charge in [-0.05, 0) is 17.7 Å². The Morgan fingerprint density at radius 3 is 3.00 bits per heavy atom. The van der Waals surface area contributed by atoms with Crippen molar-refractivity contribution in [2.24, 2.45) is 0 Å². The maximum absolute atomic E-state index is 10.6. The second-order valence-electron chi connectivity index (χ2n) is 2.73. The summed E-state index contributed by atoms with van der Waals surface area (Å²) in [5.41, 5.74) is 1.48. The first-order valence-electron chi connectivity index (χ1n) is 3.97. The van der Waals surface area contributed by atoms with Gasteiger partial charge in [-0.3, -0.25) is 4.79 Å². The van der Waals surface area contributed by atoms with Gasteiger partial charge in [0.2, 0.25) is 5.76 Å². The minimum atomic E-state index is 0.215. The van der Waals surface area contributed by atoms with Crippen molar-refractivity contribution in [3.63, 3.8) is 0 Å². The first kappa shape index (κ1) is 8.97. The van der Waals surface area contributed by atoms with Crippen LogP contribution in [0.1, 0.15) is 10.6 Å². The lowest BCUT2D eigenvalue weighted by molar-refractivity contribution is 0.109. The van der Waals surface area contributed by atoms with Crippen molar-refractivity contribution in [1.29, 1.82) is 0 Å². The molecule has 0 spiro atoms. The van der Waals surface area contributed by atoms with E-state index >= 15 is 0 Å². The Balaban J connectivity index is 2.54. The van der Waals surface area contributed by atoms with Gasteiger partial charge < -0.3 is 4.52 Å². The van der Waals surface area contributed by atoms with Gasteiger partial charge in [0.1, 0.15) is 0 Å². The third kappa shape index (κ3) is 1.54. The molecule has 1 aromatic heterocycles. The second-order valence-corrected chi connectivity index (χ2v) is 3.17. The summed E-state index contributed by atoms with van der Waals surface area (Å²) in [6.07, 6.45) is 2.12. The largest absolute Gasteiger partial charge is 0.353 e. The Kier molecular flexibility index (Phi) is 2.33. The van der Waals surface area contributed by atoms with Crippen LogP contribution in [0.25, 0.3) is 11.1 Å². The number of nitrogens with zero attached hydrogens (tertiary/aromatic N) is 1. The molecule has 0 aliphatic heterocycles. The molecular weight excluding hydrogens is 202 g/mol. The maximum atomic E-state index is 10.6. The average Bonchev–Trinajstić information content (AvgIpc) is 2.65. The first-order valence-corrected chi connectivity index (χ1v) is 4.35. The van der Waals surface area contributed by atoms with Crippen LogP contribution in [0.15, 0.2) is 35.0 Å². The number of carbonyl (C=O) groups excluding carboxylic acids is 1. The van der Waals surface area contributed by atoms with Crippen molar-refractivity contribution in [3.8, 4) is 11.1 Å². The summed E-state index contributed by atoms with van der Waals surface area (Å²) in [7, 11) is 0. The Hall–Kier alpha value is -1.61. The minimum Gasteiger partial charge on any atom is -0.353 e. The van der Waals surface area contributed by atoms with Gasteiger partial charge in [0.05, 0.1) is 11.8 Å². The number of halogens is 1. The normalized spacial score (nSPS) is 10.1. The van der Waals surface area contributed by atoms with Crippen molar-refractivity contribution in [1.82, 2.24) is 5.16 Å². The molecule has 2 aromatic rings. The summed E-state index contributed by atoms with van der Waals surface area (Å²) in [6.45, 7) is 0. The van der Waals surface area contributed by atoms with Crippen molar-refractivity contribution < 1.29 is 9.32 Å². The number of hydrogen-bond acceptors (Lipinski definition) is 3. The lowest BCUT2D eigenvalue weighted by Gasteiger charge is -1.97. The van der Waals surface area contributed by atoms with Crippen molar-refractivity contribution >= 4 is 17.9 Å². The Bertz CT molecular complexity index is 465. The van der Waals surface area contributed by atoms with Crippen LogP contribution in [-0.4, -0.2) is 11.4 Å². The molecule has 4 heteroatoms. The monoisotopic (exact) mass is 207 g/mol. The van der Waals surface area contributed by atoms with Gasteiger partial charge >= 0.3 is 0 Å². The molecule has 0 saturated heterocycles. The molecule has 0 radical (unpaired) electrons. The molecule has 70 valence electrons. The van der Waals surface area contributed by atoms with Crippen LogP contribution in [0.3, 0.4) is 0 Å². The summed E-state index contributed by atoms with van der Waals surface area (Å²) in [4.78, 5) is 10.6. The van der Waals surface area contributed by atoms with E-state index in [1.165, 1.54) is 6.20 Å². The van der Waals surface area contributed by atoms with Gasteiger partial charge in [-0.2, -0.15) is 0 Å². The van der Waals surface area contributed by atoms with Crippen molar-refractivity contribution in [3.05, 3.63) is 41.2 Å².